The molecular formula is C16H27N3O3. The molecule has 0 aromatic heterocycles. The molecule has 0 aromatic rings. The second-order valence-corrected chi connectivity index (χ2v) is 5.98. The zero-order chi connectivity index (χ0) is 15.9. The zero-order valence-corrected chi connectivity index (χ0v) is 13.6. The van der Waals surface area contributed by atoms with E-state index in [9.17, 15) is 9.59 Å². The van der Waals surface area contributed by atoms with Gasteiger partial charge in [0.25, 0.3) is 0 Å². The molecule has 2 N–H and O–H groups in total. The van der Waals surface area contributed by atoms with Crippen molar-refractivity contribution in [1.29, 1.82) is 0 Å². The number of carbonyl (C=O) groups excluding carboxylic acids is 2. The highest BCUT2D eigenvalue weighted by Gasteiger charge is 2.30. The Morgan fingerprint density at radius 2 is 1.86 bits per heavy atom. The fourth-order valence-corrected chi connectivity index (χ4v) is 3.10. The summed E-state index contributed by atoms with van der Waals surface area (Å²) in [7, 11) is 0. The van der Waals surface area contributed by atoms with E-state index < -0.39 is 0 Å². The lowest BCUT2D eigenvalue weighted by Gasteiger charge is -2.31. The lowest BCUT2D eigenvalue weighted by Crippen LogP contribution is -2.51. The van der Waals surface area contributed by atoms with Crippen LogP contribution in [0, 0.1) is 0 Å². The number of carbonyl (C=O) groups is 2. The summed E-state index contributed by atoms with van der Waals surface area (Å²) in [5.74, 6) is -0.343. The molecule has 0 radical (unpaired) electrons. The van der Waals surface area contributed by atoms with Crippen molar-refractivity contribution in [1.82, 2.24) is 15.5 Å². The third-order valence-corrected chi connectivity index (χ3v) is 4.20. The van der Waals surface area contributed by atoms with Crippen LogP contribution in [0.3, 0.4) is 0 Å². The summed E-state index contributed by atoms with van der Waals surface area (Å²) in [6.45, 7) is 6.56. The summed E-state index contributed by atoms with van der Waals surface area (Å²) >= 11 is 0. The average molecular weight is 309 g/mol. The fourth-order valence-electron chi connectivity index (χ4n) is 3.10. The quantitative estimate of drug-likeness (QED) is 0.777. The zero-order valence-electron chi connectivity index (χ0n) is 13.6. The van der Waals surface area contributed by atoms with E-state index in [-0.39, 0.29) is 18.0 Å². The van der Waals surface area contributed by atoms with Crippen molar-refractivity contribution < 1.29 is 14.3 Å². The minimum absolute atomic E-state index is 0.248. The van der Waals surface area contributed by atoms with Gasteiger partial charge in [-0.05, 0) is 39.8 Å². The van der Waals surface area contributed by atoms with Gasteiger partial charge in [0.05, 0.1) is 18.2 Å². The van der Waals surface area contributed by atoms with Gasteiger partial charge in [-0.2, -0.15) is 0 Å². The number of hydrogen-bond donors (Lipinski definition) is 2. The molecule has 2 amide bonds. The lowest BCUT2D eigenvalue weighted by molar-refractivity contribution is -0.139. The van der Waals surface area contributed by atoms with Gasteiger partial charge in [-0.15, -0.1) is 0 Å². The monoisotopic (exact) mass is 309 g/mol. The first-order valence-electron chi connectivity index (χ1n) is 8.32. The molecule has 2 aliphatic heterocycles. The minimum atomic E-state index is -0.343. The standard InChI is InChI=1S/C16H27N3O3/c1-3-22-15(20)14-12(2)17-16(21)18-13(14)11-19-9-7-5-4-6-8-10-19/h12H,3-11H2,1-2H3,(H2,17,18,21). The second-order valence-electron chi connectivity index (χ2n) is 5.98. The first-order chi connectivity index (χ1) is 10.6. The van der Waals surface area contributed by atoms with Crippen molar-refractivity contribution in [2.45, 2.75) is 52.0 Å². The molecule has 2 aliphatic rings. The van der Waals surface area contributed by atoms with E-state index in [1.165, 1.54) is 32.1 Å². The van der Waals surface area contributed by atoms with Crippen LogP contribution in [-0.4, -0.2) is 49.2 Å². The predicted molar refractivity (Wildman–Crippen MR) is 84.3 cm³/mol. The van der Waals surface area contributed by atoms with Crippen LogP contribution in [0.5, 0.6) is 0 Å². The molecule has 6 heteroatoms. The molecule has 2 rings (SSSR count). The molecule has 1 fully saturated rings. The van der Waals surface area contributed by atoms with Crippen LogP contribution >= 0.6 is 0 Å². The second kappa shape index (κ2) is 8.17. The number of rotatable bonds is 4. The Morgan fingerprint density at radius 1 is 1.23 bits per heavy atom. The molecule has 124 valence electrons. The maximum absolute atomic E-state index is 12.2. The van der Waals surface area contributed by atoms with Gasteiger partial charge in [-0.1, -0.05) is 19.3 Å². The van der Waals surface area contributed by atoms with E-state index in [1.54, 1.807) is 6.92 Å². The number of urea groups is 1. The molecule has 6 nitrogen and oxygen atoms in total. The number of likely N-dealkylation sites (tertiary alicyclic amines) is 1. The number of amides is 2. The Hall–Kier alpha value is -1.56. The Morgan fingerprint density at radius 3 is 2.50 bits per heavy atom. The summed E-state index contributed by atoms with van der Waals surface area (Å²) in [6, 6.07) is -0.569. The smallest absolute Gasteiger partial charge is 0.337 e. The van der Waals surface area contributed by atoms with Crippen molar-refractivity contribution in [3.8, 4) is 0 Å². The van der Waals surface area contributed by atoms with E-state index in [4.69, 9.17) is 4.74 Å². The third kappa shape index (κ3) is 4.47. The fraction of sp³-hybridized carbons (Fsp3) is 0.750. The number of esters is 1. The van der Waals surface area contributed by atoms with Crippen LogP contribution in [0.25, 0.3) is 0 Å². The Kier molecular flexibility index (Phi) is 6.24. The maximum Gasteiger partial charge on any atom is 0.337 e. The Balaban J connectivity index is 2.15. The number of nitrogens with one attached hydrogen (secondary N) is 2. The molecule has 0 bridgehead atoms. The van der Waals surface area contributed by atoms with Crippen molar-refractivity contribution >= 4 is 12.0 Å². The lowest BCUT2D eigenvalue weighted by atomic mass is 10.0. The largest absolute Gasteiger partial charge is 0.463 e. The molecule has 1 saturated heterocycles. The highest BCUT2D eigenvalue weighted by Crippen LogP contribution is 2.17. The van der Waals surface area contributed by atoms with E-state index >= 15 is 0 Å². The van der Waals surface area contributed by atoms with E-state index in [2.05, 4.69) is 15.5 Å². The maximum atomic E-state index is 12.2. The minimum Gasteiger partial charge on any atom is -0.463 e. The van der Waals surface area contributed by atoms with Gasteiger partial charge in [0.1, 0.15) is 0 Å². The van der Waals surface area contributed by atoms with Gasteiger partial charge in [-0.25, -0.2) is 9.59 Å². The van der Waals surface area contributed by atoms with Crippen LogP contribution in [0.15, 0.2) is 11.3 Å². The third-order valence-electron chi connectivity index (χ3n) is 4.20. The van der Waals surface area contributed by atoms with Crippen molar-refractivity contribution in [3.05, 3.63) is 11.3 Å². The average Bonchev–Trinajstić information content (AvgIpc) is 2.41. The van der Waals surface area contributed by atoms with Gasteiger partial charge >= 0.3 is 12.0 Å². The predicted octanol–water partition coefficient (Wildman–Crippen LogP) is 1.77. The van der Waals surface area contributed by atoms with Crippen LogP contribution in [0.1, 0.15) is 46.0 Å². The number of ether oxygens (including phenoxy) is 1. The van der Waals surface area contributed by atoms with E-state index in [0.29, 0.717) is 24.4 Å². The van der Waals surface area contributed by atoms with Crippen molar-refractivity contribution in [2.75, 3.05) is 26.2 Å². The summed E-state index contributed by atoms with van der Waals surface area (Å²) in [5, 5.41) is 5.54. The highest BCUT2D eigenvalue weighted by molar-refractivity contribution is 5.94. The van der Waals surface area contributed by atoms with Gasteiger partial charge < -0.3 is 15.4 Å². The van der Waals surface area contributed by atoms with Gasteiger partial charge in [0.15, 0.2) is 0 Å². The summed E-state index contributed by atoms with van der Waals surface area (Å²) in [6.07, 6.45) is 6.16. The van der Waals surface area contributed by atoms with Gasteiger partial charge in [0.2, 0.25) is 0 Å². The molecule has 0 aliphatic carbocycles. The summed E-state index contributed by atoms with van der Waals surface area (Å²) in [5.41, 5.74) is 1.23. The Labute approximate surface area is 132 Å². The van der Waals surface area contributed by atoms with Crippen LogP contribution in [0.2, 0.25) is 0 Å². The normalized spacial score (nSPS) is 24.1. The first-order valence-corrected chi connectivity index (χ1v) is 8.32. The molecule has 0 saturated carbocycles. The summed E-state index contributed by atoms with van der Waals surface area (Å²) in [4.78, 5) is 26.3. The molecule has 1 unspecified atom stereocenters. The molecule has 1 atom stereocenters. The molecule has 0 aromatic carbocycles. The van der Waals surface area contributed by atoms with Crippen molar-refractivity contribution in [3.63, 3.8) is 0 Å². The van der Waals surface area contributed by atoms with Crippen LogP contribution < -0.4 is 10.6 Å². The molecule has 0 spiro atoms. The van der Waals surface area contributed by atoms with E-state index in [1.807, 2.05) is 6.92 Å². The topological polar surface area (TPSA) is 70.7 Å². The molecule has 2 heterocycles. The van der Waals surface area contributed by atoms with E-state index in [0.717, 1.165) is 13.1 Å². The first kappa shape index (κ1) is 16.8. The molecular weight excluding hydrogens is 282 g/mol. The molecule has 22 heavy (non-hydrogen) atoms. The SMILES string of the molecule is CCOC(=O)C1=C(CN2CCCCCCC2)NC(=O)NC1C. The van der Waals surface area contributed by atoms with Crippen molar-refractivity contribution in [2.24, 2.45) is 0 Å². The van der Waals surface area contributed by atoms with Gasteiger partial charge in [0, 0.05) is 12.2 Å². The van der Waals surface area contributed by atoms with Gasteiger partial charge in [-0.3, -0.25) is 4.90 Å². The van der Waals surface area contributed by atoms with Crippen LogP contribution in [0.4, 0.5) is 4.79 Å². The van der Waals surface area contributed by atoms with Crippen LogP contribution in [-0.2, 0) is 9.53 Å². The highest BCUT2D eigenvalue weighted by atomic mass is 16.5. The number of hydrogen-bond acceptors (Lipinski definition) is 4. The Bertz CT molecular complexity index is 440. The summed E-state index contributed by atoms with van der Waals surface area (Å²) < 4.78 is 5.14. The number of nitrogens with zero attached hydrogens (tertiary/aromatic N) is 1.